The molecule has 1 aliphatic rings. The SMILES string of the molecule is COc1ccc(C(=O)OCCCCO[C@@H]2CCCC[C@H]2Br)cc1. The molecule has 1 aromatic rings. The number of methoxy groups -OCH3 is 1. The van der Waals surface area contributed by atoms with Crippen LogP contribution >= 0.6 is 15.9 Å². The van der Waals surface area contributed by atoms with Crippen LogP contribution in [-0.4, -0.2) is 37.2 Å². The number of carbonyl (C=O) groups excluding carboxylic acids is 1. The van der Waals surface area contributed by atoms with Crippen molar-refractivity contribution >= 4 is 21.9 Å². The van der Waals surface area contributed by atoms with Gasteiger partial charge in [0.2, 0.25) is 0 Å². The van der Waals surface area contributed by atoms with Crippen molar-refractivity contribution in [1.82, 2.24) is 0 Å². The Morgan fingerprint density at radius 1 is 1.13 bits per heavy atom. The van der Waals surface area contributed by atoms with Gasteiger partial charge in [-0.15, -0.1) is 0 Å². The number of rotatable bonds is 8. The Morgan fingerprint density at radius 3 is 2.52 bits per heavy atom. The van der Waals surface area contributed by atoms with Crippen molar-refractivity contribution in [3.8, 4) is 5.75 Å². The molecule has 128 valence electrons. The number of hydrogen-bond acceptors (Lipinski definition) is 4. The predicted octanol–water partition coefficient (Wildman–Crippen LogP) is 4.35. The topological polar surface area (TPSA) is 44.8 Å². The third-order valence-electron chi connectivity index (χ3n) is 4.05. The van der Waals surface area contributed by atoms with Gasteiger partial charge in [0.25, 0.3) is 0 Å². The lowest BCUT2D eigenvalue weighted by molar-refractivity contribution is 0.0268. The zero-order valence-electron chi connectivity index (χ0n) is 13.6. The maximum atomic E-state index is 11.9. The molecule has 23 heavy (non-hydrogen) atoms. The fourth-order valence-corrected chi connectivity index (χ4v) is 3.39. The molecule has 1 saturated carbocycles. The van der Waals surface area contributed by atoms with E-state index >= 15 is 0 Å². The highest BCUT2D eigenvalue weighted by atomic mass is 79.9. The van der Waals surface area contributed by atoms with Gasteiger partial charge in [0.1, 0.15) is 5.75 Å². The molecule has 5 heteroatoms. The first-order chi connectivity index (χ1) is 11.2. The molecule has 1 fully saturated rings. The maximum Gasteiger partial charge on any atom is 0.338 e. The minimum absolute atomic E-state index is 0.290. The van der Waals surface area contributed by atoms with Crippen molar-refractivity contribution in [2.24, 2.45) is 0 Å². The van der Waals surface area contributed by atoms with Gasteiger partial charge >= 0.3 is 5.97 Å². The summed E-state index contributed by atoms with van der Waals surface area (Å²) in [6.45, 7) is 1.16. The quantitative estimate of drug-likeness (QED) is 0.379. The van der Waals surface area contributed by atoms with Gasteiger partial charge in [-0.25, -0.2) is 4.79 Å². The standard InChI is InChI=1S/C18H25BrO4/c1-21-15-10-8-14(9-11-15)18(20)23-13-5-4-12-22-17-7-3-2-6-16(17)19/h8-11,16-17H,2-7,12-13H2,1H3/t16-,17-/m1/s1. The first-order valence-corrected chi connectivity index (χ1v) is 9.19. The molecule has 0 aromatic heterocycles. The molecular weight excluding hydrogens is 360 g/mol. The molecule has 4 nitrogen and oxygen atoms in total. The summed E-state index contributed by atoms with van der Waals surface area (Å²) in [5.41, 5.74) is 0.548. The molecule has 0 N–H and O–H groups in total. The van der Waals surface area contributed by atoms with Crippen LogP contribution in [0.25, 0.3) is 0 Å². The second-order valence-electron chi connectivity index (χ2n) is 5.78. The lowest BCUT2D eigenvalue weighted by Gasteiger charge is -2.27. The Balaban J connectivity index is 1.56. The van der Waals surface area contributed by atoms with Gasteiger partial charge in [-0.3, -0.25) is 0 Å². The van der Waals surface area contributed by atoms with E-state index in [0.717, 1.165) is 31.6 Å². The van der Waals surface area contributed by atoms with Gasteiger partial charge in [0.15, 0.2) is 0 Å². The number of carbonyl (C=O) groups is 1. The molecule has 0 heterocycles. The zero-order valence-corrected chi connectivity index (χ0v) is 15.2. The minimum Gasteiger partial charge on any atom is -0.497 e. The van der Waals surface area contributed by atoms with Crippen molar-refractivity contribution < 1.29 is 19.0 Å². The first-order valence-electron chi connectivity index (χ1n) is 8.27. The number of alkyl halides is 1. The number of hydrogen-bond donors (Lipinski definition) is 0. The van der Waals surface area contributed by atoms with E-state index in [1.165, 1.54) is 19.3 Å². The molecule has 2 atom stereocenters. The number of halogens is 1. The molecule has 2 rings (SSSR count). The van der Waals surface area contributed by atoms with Crippen molar-refractivity contribution in [3.05, 3.63) is 29.8 Å². The summed E-state index contributed by atoms with van der Waals surface area (Å²) < 4.78 is 16.2. The lowest BCUT2D eigenvalue weighted by Crippen LogP contribution is -2.28. The van der Waals surface area contributed by atoms with E-state index in [2.05, 4.69) is 15.9 Å². The number of ether oxygens (including phenoxy) is 3. The van der Waals surface area contributed by atoms with Crippen LogP contribution in [0.3, 0.4) is 0 Å². The molecule has 0 amide bonds. The smallest absolute Gasteiger partial charge is 0.338 e. The predicted molar refractivity (Wildman–Crippen MR) is 93.4 cm³/mol. The van der Waals surface area contributed by atoms with E-state index in [9.17, 15) is 4.79 Å². The van der Waals surface area contributed by atoms with E-state index in [1.807, 2.05) is 0 Å². The average molecular weight is 385 g/mol. The maximum absolute atomic E-state index is 11.9. The number of benzene rings is 1. The molecular formula is C18H25BrO4. The van der Waals surface area contributed by atoms with Crippen molar-refractivity contribution in [1.29, 1.82) is 0 Å². The van der Waals surface area contributed by atoms with Crippen LogP contribution in [0.5, 0.6) is 5.75 Å². The number of unbranched alkanes of at least 4 members (excludes halogenated alkanes) is 1. The van der Waals surface area contributed by atoms with E-state index in [1.54, 1.807) is 31.4 Å². The van der Waals surface area contributed by atoms with E-state index in [-0.39, 0.29) is 5.97 Å². The molecule has 0 saturated heterocycles. The third kappa shape index (κ3) is 6.15. The van der Waals surface area contributed by atoms with Crippen LogP contribution in [0, 0.1) is 0 Å². The van der Waals surface area contributed by atoms with Gasteiger partial charge < -0.3 is 14.2 Å². The summed E-state index contributed by atoms with van der Waals surface area (Å²) in [7, 11) is 1.60. The second kappa shape index (κ2) is 9.93. The van der Waals surface area contributed by atoms with Crippen LogP contribution in [0.15, 0.2) is 24.3 Å². The normalized spacial score (nSPS) is 21.0. The Bertz CT molecular complexity index is 474. The number of esters is 1. The van der Waals surface area contributed by atoms with Crippen molar-refractivity contribution in [2.75, 3.05) is 20.3 Å². The van der Waals surface area contributed by atoms with Gasteiger partial charge in [0.05, 0.1) is 25.4 Å². The Kier molecular flexibility index (Phi) is 7.89. The molecule has 0 aliphatic heterocycles. The van der Waals surface area contributed by atoms with Crippen LogP contribution < -0.4 is 4.74 Å². The molecule has 0 unspecified atom stereocenters. The van der Waals surface area contributed by atoms with Crippen LogP contribution in [-0.2, 0) is 9.47 Å². The highest BCUT2D eigenvalue weighted by Crippen LogP contribution is 2.26. The highest BCUT2D eigenvalue weighted by molar-refractivity contribution is 9.09. The van der Waals surface area contributed by atoms with Crippen LogP contribution in [0.4, 0.5) is 0 Å². The van der Waals surface area contributed by atoms with E-state index in [4.69, 9.17) is 14.2 Å². The highest BCUT2D eigenvalue weighted by Gasteiger charge is 2.22. The molecule has 1 aromatic carbocycles. The van der Waals surface area contributed by atoms with Gasteiger partial charge in [-0.05, 0) is 49.9 Å². The Morgan fingerprint density at radius 2 is 1.83 bits per heavy atom. The fraction of sp³-hybridized carbons (Fsp3) is 0.611. The minimum atomic E-state index is -0.290. The summed E-state index contributed by atoms with van der Waals surface area (Å²) in [4.78, 5) is 12.4. The summed E-state index contributed by atoms with van der Waals surface area (Å²) in [6, 6.07) is 6.93. The monoisotopic (exact) mass is 384 g/mol. The Hall–Kier alpha value is -1.07. The van der Waals surface area contributed by atoms with E-state index in [0.29, 0.717) is 23.1 Å². The molecule has 0 spiro atoms. The summed E-state index contributed by atoms with van der Waals surface area (Å²) in [6.07, 6.45) is 6.95. The Labute approximate surface area is 146 Å². The third-order valence-corrected chi connectivity index (χ3v) is 5.10. The first kappa shape index (κ1) is 18.3. The fourth-order valence-electron chi connectivity index (χ4n) is 2.65. The van der Waals surface area contributed by atoms with Crippen molar-refractivity contribution in [3.63, 3.8) is 0 Å². The summed E-state index contributed by atoms with van der Waals surface area (Å²) in [5, 5.41) is 0. The largest absolute Gasteiger partial charge is 0.497 e. The molecule has 1 aliphatic carbocycles. The zero-order chi connectivity index (χ0) is 16.5. The molecule has 0 bridgehead atoms. The van der Waals surface area contributed by atoms with Crippen LogP contribution in [0.2, 0.25) is 0 Å². The van der Waals surface area contributed by atoms with E-state index < -0.39 is 0 Å². The van der Waals surface area contributed by atoms with Crippen LogP contribution in [0.1, 0.15) is 48.9 Å². The second-order valence-corrected chi connectivity index (χ2v) is 6.96. The summed E-state index contributed by atoms with van der Waals surface area (Å²) in [5.74, 6) is 0.438. The summed E-state index contributed by atoms with van der Waals surface area (Å²) >= 11 is 3.69. The van der Waals surface area contributed by atoms with Gasteiger partial charge in [0, 0.05) is 11.4 Å². The van der Waals surface area contributed by atoms with Gasteiger partial charge in [-0.1, -0.05) is 28.8 Å². The average Bonchev–Trinajstić information content (AvgIpc) is 2.59. The lowest BCUT2D eigenvalue weighted by atomic mass is 9.97. The molecule has 0 radical (unpaired) electrons. The van der Waals surface area contributed by atoms with Gasteiger partial charge in [-0.2, -0.15) is 0 Å². The van der Waals surface area contributed by atoms with Crippen molar-refractivity contribution in [2.45, 2.75) is 49.5 Å².